The standard InChI is InChI=1S/C23H23F3N6O/c1-13(2)15-5-7-16(8-6-15)19-9-20(23(24,25)26)32-21(29-19)18(11-28-32)22(33)27-10-17-12-31(4)30-14(17)3/h5-9,11-13H,10H2,1-4H3,(H,27,33). The molecule has 3 aromatic heterocycles. The van der Waals surface area contributed by atoms with Crippen molar-refractivity contribution in [2.75, 3.05) is 0 Å². The lowest BCUT2D eigenvalue weighted by Gasteiger charge is -2.12. The van der Waals surface area contributed by atoms with Crippen molar-refractivity contribution >= 4 is 11.6 Å². The average molecular weight is 456 g/mol. The van der Waals surface area contributed by atoms with Crippen LogP contribution in [-0.4, -0.2) is 30.3 Å². The highest BCUT2D eigenvalue weighted by molar-refractivity contribution is 5.99. The fraction of sp³-hybridized carbons (Fsp3) is 0.304. The van der Waals surface area contributed by atoms with Crippen LogP contribution < -0.4 is 5.32 Å². The zero-order valence-electron chi connectivity index (χ0n) is 18.6. The second-order valence-corrected chi connectivity index (χ2v) is 8.19. The lowest BCUT2D eigenvalue weighted by atomic mass is 10.0. The van der Waals surface area contributed by atoms with Gasteiger partial charge < -0.3 is 5.32 Å². The van der Waals surface area contributed by atoms with Crippen LogP contribution in [0.15, 0.2) is 42.7 Å². The summed E-state index contributed by atoms with van der Waals surface area (Å²) < 4.78 is 43.7. The van der Waals surface area contributed by atoms with E-state index in [9.17, 15) is 18.0 Å². The molecule has 0 bridgehead atoms. The third kappa shape index (κ3) is 4.46. The molecule has 0 aliphatic rings. The highest BCUT2D eigenvalue weighted by Crippen LogP contribution is 2.33. The van der Waals surface area contributed by atoms with Gasteiger partial charge in [0.15, 0.2) is 11.3 Å². The van der Waals surface area contributed by atoms with E-state index in [4.69, 9.17) is 0 Å². The van der Waals surface area contributed by atoms with Crippen LogP contribution in [-0.2, 0) is 19.8 Å². The van der Waals surface area contributed by atoms with Crippen LogP contribution in [0.3, 0.4) is 0 Å². The fourth-order valence-corrected chi connectivity index (χ4v) is 3.60. The molecule has 1 N–H and O–H groups in total. The highest BCUT2D eigenvalue weighted by Gasteiger charge is 2.36. The smallest absolute Gasteiger partial charge is 0.348 e. The zero-order chi connectivity index (χ0) is 23.9. The summed E-state index contributed by atoms with van der Waals surface area (Å²) in [7, 11) is 1.77. The Bertz CT molecular complexity index is 1320. The number of carbonyl (C=O) groups excluding carboxylic acids is 1. The van der Waals surface area contributed by atoms with Crippen molar-refractivity contribution in [1.29, 1.82) is 0 Å². The molecule has 10 heteroatoms. The first-order chi connectivity index (χ1) is 15.5. The van der Waals surface area contributed by atoms with Gasteiger partial charge in [0.25, 0.3) is 5.91 Å². The average Bonchev–Trinajstić information content (AvgIpc) is 3.32. The van der Waals surface area contributed by atoms with Crippen LogP contribution in [0.1, 0.15) is 52.6 Å². The Labute approximate surface area is 188 Å². The molecule has 0 unspecified atom stereocenters. The van der Waals surface area contributed by atoms with Crippen molar-refractivity contribution < 1.29 is 18.0 Å². The molecule has 4 rings (SSSR count). The molecule has 1 aromatic carbocycles. The van der Waals surface area contributed by atoms with E-state index >= 15 is 0 Å². The van der Waals surface area contributed by atoms with Gasteiger partial charge in [0.2, 0.25) is 0 Å². The first kappa shape index (κ1) is 22.5. The third-order valence-corrected chi connectivity index (χ3v) is 5.43. The predicted octanol–water partition coefficient (Wildman–Crippen LogP) is 4.51. The largest absolute Gasteiger partial charge is 0.433 e. The zero-order valence-corrected chi connectivity index (χ0v) is 18.6. The van der Waals surface area contributed by atoms with Gasteiger partial charge in [-0.05, 0) is 24.5 Å². The van der Waals surface area contributed by atoms with E-state index in [1.165, 1.54) is 0 Å². The number of nitrogens with one attached hydrogen (secondary N) is 1. The van der Waals surface area contributed by atoms with E-state index in [0.29, 0.717) is 10.1 Å². The number of carbonyl (C=O) groups is 1. The number of alkyl halides is 3. The molecule has 0 radical (unpaired) electrons. The minimum absolute atomic E-state index is 0.0392. The number of aryl methyl sites for hydroxylation is 2. The number of rotatable bonds is 5. The van der Waals surface area contributed by atoms with Crippen LogP contribution in [0.5, 0.6) is 0 Å². The lowest BCUT2D eigenvalue weighted by Crippen LogP contribution is -2.23. The maximum absolute atomic E-state index is 13.8. The van der Waals surface area contributed by atoms with Gasteiger partial charge >= 0.3 is 6.18 Å². The molecule has 4 aromatic rings. The highest BCUT2D eigenvalue weighted by atomic mass is 19.4. The van der Waals surface area contributed by atoms with Crippen LogP contribution in [0, 0.1) is 6.92 Å². The number of hydrogen-bond donors (Lipinski definition) is 1. The second-order valence-electron chi connectivity index (χ2n) is 8.19. The monoisotopic (exact) mass is 456 g/mol. The summed E-state index contributed by atoms with van der Waals surface area (Å²) in [6.07, 6.45) is -1.81. The van der Waals surface area contributed by atoms with E-state index in [-0.39, 0.29) is 29.4 Å². The minimum Gasteiger partial charge on any atom is -0.348 e. The molecular weight excluding hydrogens is 433 g/mol. The van der Waals surface area contributed by atoms with Gasteiger partial charge in [-0.3, -0.25) is 9.48 Å². The first-order valence-corrected chi connectivity index (χ1v) is 10.4. The van der Waals surface area contributed by atoms with Gasteiger partial charge in [0.05, 0.1) is 17.6 Å². The molecule has 172 valence electrons. The summed E-state index contributed by atoms with van der Waals surface area (Å²) in [5.74, 6) is -0.282. The lowest BCUT2D eigenvalue weighted by molar-refractivity contribution is -0.142. The molecule has 0 aliphatic heterocycles. The molecule has 0 spiro atoms. The van der Waals surface area contributed by atoms with Crippen molar-refractivity contribution in [2.45, 2.75) is 39.4 Å². The summed E-state index contributed by atoms with van der Waals surface area (Å²) in [4.78, 5) is 17.2. The molecule has 3 heterocycles. The molecule has 0 aliphatic carbocycles. The Balaban J connectivity index is 1.74. The van der Waals surface area contributed by atoms with Crippen molar-refractivity contribution in [3.05, 3.63) is 70.8 Å². The van der Waals surface area contributed by atoms with Gasteiger partial charge in [-0.15, -0.1) is 0 Å². The SMILES string of the molecule is Cc1nn(C)cc1CNC(=O)c1cnn2c(C(F)(F)F)cc(-c3ccc(C(C)C)cc3)nc12. The normalized spacial score (nSPS) is 12.0. The second kappa shape index (κ2) is 8.34. The van der Waals surface area contributed by atoms with Crippen LogP contribution in [0.25, 0.3) is 16.9 Å². The Hall–Kier alpha value is -3.69. The summed E-state index contributed by atoms with van der Waals surface area (Å²) in [6.45, 7) is 6.06. The molecule has 1 amide bonds. The predicted molar refractivity (Wildman–Crippen MR) is 117 cm³/mol. The van der Waals surface area contributed by atoms with E-state index in [1.54, 1.807) is 30.1 Å². The fourth-order valence-electron chi connectivity index (χ4n) is 3.60. The van der Waals surface area contributed by atoms with Crippen molar-refractivity contribution in [3.8, 4) is 11.3 Å². The van der Waals surface area contributed by atoms with Gasteiger partial charge in [0, 0.05) is 30.9 Å². The molecule has 0 saturated heterocycles. The van der Waals surface area contributed by atoms with Crippen molar-refractivity contribution in [1.82, 2.24) is 29.7 Å². The van der Waals surface area contributed by atoms with Crippen LogP contribution in [0.2, 0.25) is 0 Å². The van der Waals surface area contributed by atoms with Gasteiger partial charge in [-0.25, -0.2) is 9.50 Å². The number of fused-ring (bicyclic) bond motifs is 1. The summed E-state index contributed by atoms with van der Waals surface area (Å²) in [5, 5.41) is 10.7. The summed E-state index contributed by atoms with van der Waals surface area (Å²) >= 11 is 0. The van der Waals surface area contributed by atoms with Gasteiger partial charge in [-0.1, -0.05) is 38.1 Å². The Morgan fingerprint density at radius 2 is 1.88 bits per heavy atom. The summed E-state index contributed by atoms with van der Waals surface area (Å²) in [5.41, 5.74) is 2.05. The van der Waals surface area contributed by atoms with E-state index in [2.05, 4.69) is 20.5 Å². The maximum atomic E-state index is 13.8. The molecule has 0 saturated carbocycles. The van der Waals surface area contributed by atoms with E-state index in [1.807, 2.05) is 32.9 Å². The number of benzene rings is 1. The van der Waals surface area contributed by atoms with Crippen LogP contribution >= 0.6 is 0 Å². The quantitative estimate of drug-likeness (QED) is 0.479. The maximum Gasteiger partial charge on any atom is 0.433 e. The molecule has 0 fully saturated rings. The number of nitrogens with zero attached hydrogens (tertiary/aromatic N) is 5. The molecule has 0 atom stereocenters. The third-order valence-electron chi connectivity index (χ3n) is 5.43. The first-order valence-electron chi connectivity index (χ1n) is 10.4. The van der Waals surface area contributed by atoms with Crippen LogP contribution in [0.4, 0.5) is 13.2 Å². The number of aromatic nitrogens is 5. The van der Waals surface area contributed by atoms with Crippen molar-refractivity contribution in [2.24, 2.45) is 7.05 Å². The Morgan fingerprint density at radius 3 is 2.45 bits per heavy atom. The minimum atomic E-state index is -4.68. The van der Waals surface area contributed by atoms with E-state index in [0.717, 1.165) is 29.1 Å². The van der Waals surface area contributed by atoms with E-state index < -0.39 is 17.8 Å². The Kier molecular flexibility index (Phi) is 5.69. The molecule has 33 heavy (non-hydrogen) atoms. The number of hydrogen-bond acceptors (Lipinski definition) is 4. The molecule has 7 nitrogen and oxygen atoms in total. The van der Waals surface area contributed by atoms with Gasteiger partial charge in [0.1, 0.15) is 5.56 Å². The number of amides is 1. The Morgan fingerprint density at radius 1 is 1.18 bits per heavy atom. The topological polar surface area (TPSA) is 77.1 Å². The van der Waals surface area contributed by atoms with Crippen molar-refractivity contribution in [3.63, 3.8) is 0 Å². The number of halogens is 3. The summed E-state index contributed by atoms with van der Waals surface area (Å²) in [6, 6.07) is 8.13. The molecular formula is C23H23F3N6O. The van der Waals surface area contributed by atoms with Gasteiger partial charge in [-0.2, -0.15) is 23.4 Å².